The Bertz CT molecular complexity index is 785. The third-order valence-electron chi connectivity index (χ3n) is 3.17. The fraction of sp³-hybridized carbons (Fsp3) is 0.214. The summed E-state index contributed by atoms with van der Waals surface area (Å²) >= 11 is 0. The first kappa shape index (κ1) is 13.9. The number of rotatable bonds is 6. The summed E-state index contributed by atoms with van der Waals surface area (Å²) in [7, 11) is 0. The molecule has 3 rings (SSSR count). The number of nitrogens with two attached hydrogens (primary N) is 2. The number of hydrogen-bond donors (Lipinski definition) is 4. The molecule has 0 saturated carbocycles. The fourth-order valence-electron chi connectivity index (χ4n) is 2.19. The molecule has 22 heavy (non-hydrogen) atoms. The van der Waals surface area contributed by atoms with E-state index in [-0.39, 0.29) is 5.96 Å². The maximum Gasteiger partial charge on any atom is 0.263 e. The number of nitrogens with zero attached hydrogens (tertiary/aromatic N) is 3. The Morgan fingerprint density at radius 3 is 3.05 bits per heavy atom. The van der Waals surface area contributed by atoms with Crippen LogP contribution in [0.1, 0.15) is 11.5 Å². The number of fused-ring (bicyclic) bond motifs is 1. The molecule has 0 aliphatic carbocycles. The van der Waals surface area contributed by atoms with E-state index in [9.17, 15) is 0 Å². The van der Waals surface area contributed by atoms with E-state index in [0.717, 1.165) is 16.5 Å². The molecular formula is C14H17N7O. The van der Waals surface area contributed by atoms with Gasteiger partial charge in [0.05, 0.1) is 13.0 Å². The number of nitrogens with one attached hydrogen (secondary N) is 2. The molecule has 0 aliphatic rings. The number of aliphatic imine (C=N–C) groups is 1. The lowest BCUT2D eigenvalue weighted by molar-refractivity contribution is 0.386. The van der Waals surface area contributed by atoms with Gasteiger partial charge in [-0.3, -0.25) is 4.99 Å². The average molecular weight is 299 g/mol. The van der Waals surface area contributed by atoms with Gasteiger partial charge in [0.25, 0.3) is 5.95 Å². The van der Waals surface area contributed by atoms with Gasteiger partial charge in [-0.15, -0.1) is 0 Å². The molecular weight excluding hydrogens is 282 g/mol. The molecule has 1 aromatic carbocycles. The van der Waals surface area contributed by atoms with Gasteiger partial charge in [0.1, 0.15) is 0 Å². The normalized spacial score (nSPS) is 10.7. The van der Waals surface area contributed by atoms with Crippen molar-refractivity contribution in [2.75, 3.05) is 18.4 Å². The zero-order valence-electron chi connectivity index (χ0n) is 11.9. The Morgan fingerprint density at radius 1 is 1.32 bits per heavy atom. The molecule has 8 nitrogen and oxygen atoms in total. The van der Waals surface area contributed by atoms with Crippen LogP contribution in [0.2, 0.25) is 0 Å². The number of anilines is 1. The number of guanidine groups is 1. The number of para-hydroxylation sites is 1. The lowest BCUT2D eigenvalue weighted by Crippen LogP contribution is -2.24. The SMILES string of the molecule is NC(N)=NCCNc1noc(Cc2c[nH]c3ccccc23)n1. The van der Waals surface area contributed by atoms with E-state index >= 15 is 0 Å². The van der Waals surface area contributed by atoms with Gasteiger partial charge in [-0.25, -0.2) is 0 Å². The molecule has 6 N–H and O–H groups in total. The summed E-state index contributed by atoms with van der Waals surface area (Å²) < 4.78 is 5.24. The van der Waals surface area contributed by atoms with Crippen LogP contribution < -0.4 is 16.8 Å². The predicted octanol–water partition coefficient (Wildman–Crippen LogP) is 0.827. The highest BCUT2D eigenvalue weighted by Gasteiger charge is 2.10. The van der Waals surface area contributed by atoms with Crippen LogP contribution in [0.25, 0.3) is 10.9 Å². The van der Waals surface area contributed by atoms with Crippen molar-refractivity contribution in [1.29, 1.82) is 0 Å². The highest BCUT2D eigenvalue weighted by Crippen LogP contribution is 2.20. The highest BCUT2D eigenvalue weighted by atomic mass is 16.5. The van der Waals surface area contributed by atoms with Crippen molar-refractivity contribution in [3.05, 3.63) is 41.9 Å². The molecule has 0 radical (unpaired) electrons. The van der Waals surface area contributed by atoms with Crippen LogP contribution in [0, 0.1) is 0 Å². The van der Waals surface area contributed by atoms with Gasteiger partial charge in [0.2, 0.25) is 5.89 Å². The summed E-state index contributed by atoms with van der Waals surface area (Å²) in [6.07, 6.45) is 2.54. The van der Waals surface area contributed by atoms with Crippen LogP contribution in [0.5, 0.6) is 0 Å². The van der Waals surface area contributed by atoms with Gasteiger partial charge in [-0.2, -0.15) is 4.98 Å². The van der Waals surface area contributed by atoms with Crippen LogP contribution in [0.3, 0.4) is 0 Å². The van der Waals surface area contributed by atoms with E-state index in [1.807, 2.05) is 24.4 Å². The molecule has 3 aromatic rings. The summed E-state index contributed by atoms with van der Waals surface area (Å²) in [6.45, 7) is 0.985. The first-order valence-corrected chi connectivity index (χ1v) is 6.89. The second-order valence-electron chi connectivity index (χ2n) is 4.78. The molecule has 0 bridgehead atoms. The largest absolute Gasteiger partial charge is 0.370 e. The number of hydrogen-bond acceptors (Lipinski definition) is 5. The van der Waals surface area contributed by atoms with Crippen molar-refractivity contribution >= 4 is 22.8 Å². The predicted molar refractivity (Wildman–Crippen MR) is 84.6 cm³/mol. The molecule has 0 spiro atoms. The van der Waals surface area contributed by atoms with E-state index in [1.165, 1.54) is 0 Å². The van der Waals surface area contributed by atoms with Gasteiger partial charge in [0.15, 0.2) is 5.96 Å². The monoisotopic (exact) mass is 299 g/mol. The van der Waals surface area contributed by atoms with Crippen molar-refractivity contribution in [3.8, 4) is 0 Å². The van der Waals surface area contributed by atoms with Crippen molar-refractivity contribution in [2.24, 2.45) is 16.5 Å². The Balaban J connectivity index is 1.63. The number of aromatic nitrogens is 3. The summed E-state index contributed by atoms with van der Waals surface area (Å²) in [5.41, 5.74) is 12.7. The molecule has 2 heterocycles. The minimum Gasteiger partial charge on any atom is -0.370 e. The van der Waals surface area contributed by atoms with Gasteiger partial charge in [-0.05, 0) is 16.8 Å². The Kier molecular flexibility index (Phi) is 3.90. The minimum atomic E-state index is 0.0648. The van der Waals surface area contributed by atoms with E-state index in [2.05, 4.69) is 31.5 Å². The Hall–Kier alpha value is -3.03. The van der Waals surface area contributed by atoms with Crippen molar-refractivity contribution in [3.63, 3.8) is 0 Å². The number of benzene rings is 1. The second-order valence-corrected chi connectivity index (χ2v) is 4.78. The molecule has 0 unspecified atom stereocenters. The first-order chi connectivity index (χ1) is 10.7. The molecule has 0 atom stereocenters. The summed E-state index contributed by atoms with van der Waals surface area (Å²) in [6, 6.07) is 8.09. The molecule has 0 fully saturated rings. The first-order valence-electron chi connectivity index (χ1n) is 6.89. The van der Waals surface area contributed by atoms with Crippen molar-refractivity contribution < 1.29 is 4.52 Å². The molecule has 0 amide bonds. The second kappa shape index (κ2) is 6.17. The lowest BCUT2D eigenvalue weighted by Gasteiger charge is -1.97. The highest BCUT2D eigenvalue weighted by molar-refractivity contribution is 5.83. The van der Waals surface area contributed by atoms with Gasteiger partial charge in [0, 0.05) is 23.6 Å². The van der Waals surface area contributed by atoms with Crippen LogP contribution in [-0.2, 0) is 6.42 Å². The van der Waals surface area contributed by atoms with Crippen LogP contribution >= 0.6 is 0 Å². The number of H-pyrrole nitrogens is 1. The lowest BCUT2D eigenvalue weighted by atomic mass is 10.1. The van der Waals surface area contributed by atoms with E-state index in [1.54, 1.807) is 0 Å². The van der Waals surface area contributed by atoms with E-state index in [0.29, 0.717) is 31.3 Å². The maximum atomic E-state index is 5.24. The van der Waals surface area contributed by atoms with E-state index < -0.39 is 0 Å². The van der Waals surface area contributed by atoms with Crippen molar-refractivity contribution in [2.45, 2.75) is 6.42 Å². The van der Waals surface area contributed by atoms with Gasteiger partial charge in [-0.1, -0.05) is 18.2 Å². The standard InChI is InChI=1S/C14H17N7O/c15-13(16)17-5-6-18-14-20-12(22-21-14)7-9-8-19-11-4-2-1-3-10(9)11/h1-4,8,19H,5-7H2,(H,18,21)(H4,15,16,17). The maximum absolute atomic E-state index is 5.24. The zero-order chi connectivity index (χ0) is 15.4. The summed E-state index contributed by atoms with van der Waals surface area (Å²) in [5.74, 6) is 1.05. The van der Waals surface area contributed by atoms with Gasteiger partial charge < -0.3 is 26.3 Å². The summed E-state index contributed by atoms with van der Waals surface area (Å²) in [4.78, 5) is 11.4. The fourth-order valence-corrected chi connectivity index (χ4v) is 2.19. The third-order valence-corrected chi connectivity index (χ3v) is 3.17. The third kappa shape index (κ3) is 3.17. The molecule has 0 saturated heterocycles. The molecule has 114 valence electrons. The molecule has 8 heteroatoms. The smallest absolute Gasteiger partial charge is 0.263 e. The van der Waals surface area contributed by atoms with Gasteiger partial charge >= 0.3 is 0 Å². The van der Waals surface area contributed by atoms with E-state index in [4.69, 9.17) is 16.0 Å². The topological polar surface area (TPSA) is 131 Å². The minimum absolute atomic E-state index is 0.0648. The quantitative estimate of drug-likeness (QED) is 0.303. The average Bonchev–Trinajstić information content (AvgIpc) is 3.12. The van der Waals surface area contributed by atoms with Crippen LogP contribution in [0.15, 0.2) is 40.0 Å². The zero-order valence-corrected chi connectivity index (χ0v) is 11.9. The van der Waals surface area contributed by atoms with Crippen LogP contribution in [0.4, 0.5) is 5.95 Å². The Labute approximate surface area is 126 Å². The van der Waals surface area contributed by atoms with Crippen molar-refractivity contribution in [1.82, 2.24) is 15.1 Å². The summed E-state index contributed by atoms with van der Waals surface area (Å²) in [5, 5.41) is 8.03. The molecule has 0 aliphatic heterocycles. The molecule has 2 aromatic heterocycles. The number of aromatic amines is 1. The Morgan fingerprint density at radius 2 is 2.18 bits per heavy atom. The van der Waals surface area contributed by atoms with Crippen LogP contribution in [-0.4, -0.2) is 34.2 Å².